The second-order valence-corrected chi connectivity index (χ2v) is 7.29. The van der Waals surface area contributed by atoms with Gasteiger partial charge in [0.05, 0.1) is 17.9 Å². The fraction of sp³-hybridized carbons (Fsp3) is 0.526. The Morgan fingerprint density at radius 2 is 1.80 bits per heavy atom. The molecule has 1 saturated carbocycles. The van der Waals surface area contributed by atoms with E-state index in [0.717, 1.165) is 31.2 Å². The molecule has 6 heteroatoms. The van der Waals surface area contributed by atoms with Crippen LogP contribution in [0.5, 0.6) is 0 Å². The van der Waals surface area contributed by atoms with E-state index in [-0.39, 0.29) is 48.6 Å². The summed E-state index contributed by atoms with van der Waals surface area (Å²) in [5.41, 5.74) is 0.844. The number of carbonyl (C=O) groups is 3. The Balaban J connectivity index is 1.55. The van der Waals surface area contributed by atoms with Crippen molar-refractivity contribution < 1.29 is 14.4 Å². The van der Waals surface area contributed by atoms with Gasteiger partial charge < -0.3 is 5.32 Å². The summed E-state index contributed by atoms with van der Waals surface area (Å²) >= 11 is 6.14. The van der Waals surface area contributed by atoms with E-state index in [1.807, 2.05) is 25.1 Å². The smallest absolute Gasteiger partial charge is 0.233 e. The van der Waals surface area contributed by atoms with E-state index in [0.29, 0.717) is 5.02 Å². The van der Waals surface area contributed by atoms with Gasteiger partial charge in [0.1, 0.15) is 0 Å². The van der Waals surface area contributed by atoms with Crippen LogP contribution < -0.4 is 5.32 Å². The summed E-state index contributed by atoms with van der Waals surface area (Å²) in [4.78, 5) is 38.3. The second kappa shape index (κ2) is 7.56. The molecule has 3 atom stereocenters. The Morgan fingerprint density at radius 1 is 1.20 bits per heavy atom. The highest BCUT2D eigenvalue weighted by molar-refractivity contribution is 6.31. The van der Waals surface area contributed by atoms with Gasteiger partial charge >= 0.3 is 0 Å². The number of amides is 3. The lowest BCUT2D eigenvalue weighted by atomic mass is 9.81. The molecule has 1 aliphatic heterocycles. The minimum absolute atomic E-state index is 0.0957. The third kappa shape index (κ3) is 3.71. The van der Waals surface area contributed by atoms with Crippen LogP contribution >= 0.6 is 11.6 Å². The molecular formula is C19H23ClN2O3. The average Bonchev–Trinajstić information content (AvgIpc) is 2.85. The molecule has 0 spiro atoms. The minimum Gasteiger partial charge on any atom is -0.349 e. The van der Waals surface area contributed by atoms with E-state index in [1.54, 1.807) is 6.07 Å². The van der Waals surface area contributed by atoms with Gasteiger partial charge in [0.2, 0.25) is 17.7 Å². The summed E-state index contributed by atoms with van der Waals surface area (Å²) in [5, 5.41) is 3.48. The van der Waals surface area contributed by atoms with Crippen LogP contribution in [0.1, 0.15) is 50.6 Å². The molecule has 2 fully saturated rings. The Hall–Kier alpha value is -1.88. The number of likely N-dealkylation sites (tertiary alicyclic amines) is 1. The van der Waals surface area contributed by atoms with Crippen LogP contribution in [0, 0.1) is 11.8 Å². The first-order chi connectivity index (χ1) is 12.0. The summed E-state index contributed by atoms with van der Waals surface area (Å²) in [7, 11) is 0. The largest absolute Gasteiger partial charge is 0.349 e. The van der Waals surface area contributed by atoms with Crippen molar-refractivity contribution in [2.24, 2.45) is 11.8 Å². The first kappa shape index (κ1) is 17.9. The molecule has 0 aromatic heterocycles. The van der Waals surface area contributed by atoms with Gasteiger partial charge in [-0.2, -0.15) is 0 Å². The number of nitrogens with zero attached hydrogens (tertiary/aromatic N) is 1. The third-order valence-electron chi connectivity index (χ3n) is 5.24. The highest BCUT2D eigenvalue weighted by Gasteiger charge is 2.47. The molecule has 1 heterocycles. The number of benzene rings is 1. The zero-order chi connectivity index (χ0) is 18.0. The molecular weight excluding hydrogens is 340 g/mol. The van der Waals surface area contributed by atoms with Gasteiger partial charge in [0.25, 0.3) is 0 Å². The van der Waals surface area contributed by atoms with E-state index in [1.165, 1.54) is 4.90 Å². The molecule has 0 radical (unpaired) electrons. The van der Waals surface area contributed by atoms with Gasteiger partial charge in [-0.15, -0.1) is 0 Å². The predicted octanol–water partition coefficient (Wildman–Crippen LogP) is 3.08. The van der Waals surface area contributed by atoms with E-state index >= 15 is 0 Å². The minimum atomic E-state index is -0.228. The molecule has 1 aromatic rings. The zero-order valence-electron chi connectivity index (χ0n) is 14.3. The quantitative estimate of drug-likeness (QED) is 0.818. The van der Waals surface area contributed by atoms with Crippen LogP contribution in [0.4, 0.5) is 0 Å². The monoisotopic (exact) mass is 362 g/mol. The summed E-state index contributed by atoms with van der Waals surface area (Å²) in [6.07, 6.45) is 3.71. The standard InChI is InChI=1S/C19H23ClN2O3/c1-12(13-6-4-5-9-16(13)20)21-17(23)10-11-22-18(24)14-7-2-3-8-15(14)19(22)25/h4-6,9,12,14-15H,2-3,7-8,10-11H2,1H3,(H,21,23)/t12-,14-,15+/m0/s1. The molecule has 0 unspecified atom stereocenters. The number of hydrogen-bond donors (Lipinski definition) is 1. The maximum absolute atomic E-state index is 12.4. The van der Waals surface area contributed by atoms with Crippen molar-refractivity contribution in [1.82, 2.24) is 10.2 Å². The number of fused-ring (bicyclic) bond motifs is 1. The Bertz CT molecular complexity index is 667. The van der Waals surface area contributed by atoms with Crippen molar-refractivity contribution >= 4 is 29.3 Å². The van der Waals surface area contributed by atoms with Gasteiger partial charge in [-0.05, 0) is 31.4 Å². The van der Waals surface area contributed by atoms with Crippen molar-refractivity contribution in [3.8, 4) is 0 Å². The highest BCUT2D eigenvalue weighted by atomic mass is 35.5. The van der Waals surface area contributed by atoms with Crippen LogP contribution in [-0.4, -0.2) is 29.2 Å². The van der Waals surface area contributed by atoms with E-state index < -0.39 is 0 Å². The van der Waals surface area contributed by atoms with Gasteiger partial charge in [-0.3, -0.25) is 19.3 Å². The van der Waals surface area contributed by atoms with Crippen LogP contribution in [0.3, 0.4) is 0 Å². The zero-order valence-corrected chi connectivity index (χ0v) is 15.1. The summed E-state index contributed by atoms with van der Waals surface area (Å²) in [6.45, 7) is 2.02. The molecule has 1 saturated heterocycles. The Kier molecular flexibility index (Phi) is 5.42. The molecule has 25 heavy (non-hydrogen) atoms. The fourth-order valence-corrected chi connectivity index (χ4v) is 4.18. The summed E-state index contributed by atoms with van der Waals surface area (Å²) < 4.78 is 0. The van der Waals surface area contributed by atoms with Gasteiger partial charge in [-0.25, -0.2) is 0 Å². The second-order valence-electron chi connectivity index (χ2n) is 6.89. The van der Waals surface area contributed by atoms with Gasteiger partial charge in [0, 0.05) is 18.0 Å². The molecule has 2 aliphatic rings. The first-order valence-electron chi connectivity index (χ1n) is 8.88. The lowest BCUT2D eigenvalue weighted by molar-refractivity contribution is -0.140. The number of rotatable bonds is 5. The van der Waals surface area contributed by atoms with Crippen LogP contribution in [0.25, 0.3) is 0 Å². The molecule has 1 N–H and O–H groups in total. The highest BCUT2D eigenvalue weighted by Crippen LogP contribution is 2.38. The third-order valence-corrected chi connectivity index (χ3v) is 5.59. The Labute approximate surface area is 152 Å². The number of nitrogens with one attached hydrogen (secondary N) is 1. The normalized spacial score (nSPS) is 24.2. The van der Waals surface area contributed by atoms with E-state index in [4.69, 9.17) is 11.6 Å². The molecule has 3 amide bonds. The lowest BCUT2D eigenvalue weighted by Crippen LogP contribution is -2.36. The topological polar surface area (TPSA) is 66.5 Å². The van der Waals surface area contributed by atoms with Crippen molar-refractivity contribution in [1.29, 1.82) is 0 Å². The van der Waals surface area contributed by atoms with Crippen LogP contribution in [0.15, 0.2) is 24.3 Å². The maximum Gasteiger partial charge on any atom is 0.233 e. The number of carbonyl (C=O) groups excluding carboxylic acids is 3. The lowest BCUT2D eigenvalue weighted by Gasteiger charge is -2.19. The van der Waals surface area contributed by atoms with Gasteiger partial charge in [0.15, 0.2) is 0 Å². The van der Waals surface area contributed by atoms with E-state index in [2.05, 4.69) is 5.32 Å². The van der Waals surface area contributed by atoms with Crippen LogP contribution in [0.2, 0.25) is 5.02 Å². The Morgan fingerprint density at radius 3 is 2.40 bits per heavy atom. The SMILES string of the molecule is C[C@H](NC(=O)CCN1C(=O)[C@H]2CCCC[C@H]2C1=O)c1ccccc1Cl. The van der Waals surface area contributed by atoms with E-state index in [9.17, 15) is 14.4 Å². The van der Waals surface area contributed by atoms with Crippen LogP contribution in [-0.2, 0) is 14.4 Å². The summed E-state index contributed by atoms with van der Waals surface area (Å²) in [5.74, 6) is -0.705. The average molecular weight is 363 g/mol. The molecule has 134 valence electrons. The first-order valence-corrected chi connectivity index (χ1v) is 9.26. The molecule has 1 aliphatic carbocycles. The van der Waals surface area contributed by atoms with Crippen molar-refractivity contribution in [3.05, 3.63) is 34.9 Å². The molecule has 1 aromatic carbocycles. The molecule has 3 rings (SSSR count). The number of hydrogen-bond acceptors (Lipinski definition) is 3. The van der Waals surface area contributed by atoms with Gasteiger partial charge in [-0.1, -0.05) is 42.6 Å². The molecule has 5 nitrogen and oxygen atoms in total. The van der Waals surface area contributed by atoms with Crippen molar-refractivity contribution in [2.75, 3.05) is 6.54 Å². The van der Waals surface area contributed by atoms with Crippen molar-refractivity contribution in [3.63, 3.8) is 0 Å². The number of imide groups is 1. The predicted molar refractivity (Wildman–Crippen MR) is 94.8 cm³/mol. The summed E-state index contributed by atoms with van der Waals surface area (Å²) in [6, 6.07) is 7.13. The molecule has 0 bridgehead atoms. The van der Waals surface area contributed by atoms with Crippen molar-refractivity contribution in [2.45, 2.75) is 45.1 Å². The fourth-order valence-electron chi connectivity index (χ4n) is 3.88. The maximum atomic E-state index is 12.4. The number of halogens is 1.